The average molecular weight is 357 g/mol. The molecule has 0 amide bonds. The van der Waals surface area contributed by atoms with Crippen LogP contribution in [0.1, 0.15) is 50.5 Å². The molecule has 0 fully saturated rings. The molecule has 0 aromatic heterocycles. The van der Waals surface area contributed by atoms with Gasteiger partial charge in [0.15, 0.2) is 0 Å². The number of benzene rings is 2. The Kier molecular flexibility index (Phi) is 8.67. The molecule has 2 rings (SSSR count). The molecule has 4 heteroatoms. The topological polar surface area (TPSA) is 70.5 Å². The van der Waals surface area contributed by atoms with E-state index in [-0.39, 0.29) is 0 Å². The molecule has 0 aliphatic rings. The maximum atomic E-state index is 5.89. The maximum absolute atomic E-state index is 5.89. The van der Waals surface area contributed by atoms with Crippen molar-refractivity contribution in [1.29, 1.82) is 0 Å². The van der Waals surface area contributed by atoms with Crippen LogP contribution in [0.15, 0.2) is 42.5 Å². The van der Waals surface area contributed by atoms with Crippen LogP contribution in [0, 0.1) is 6.92 Å². The molecule has 0 heterocycles. The van der Waals surface area contributed by atoms with Crippen molar-refractivity contribution in [3.8, 4) is 11.5 Å². The van der Waals surface area contributed by atoms with Gasteiger partial charge in [0, 0.05) is 11.8 Å². The molecule has 2 aromatic rings. The van der Waals surface area contributed by atoms with E-state index in [2.05, 4.69) is 0 Å². The quantitative estimate of drug-likeness (QED) is 0.397. The molecule has 0 saturated heterocycles. The fourth-order valence-corrected chi connectivity index (χ4v) is 2.78. The molecular formula is C22H32N2O2. The molecule has 142 valence electrons. The number of hydrogen-bond acceptors (Lipinski definition) is 4. The summed E-state index contributed by atoms with van der Waals surface area (Å²) in [6, 6.07) is 13.5. The lowest BCUT2D eigenvalue weighted by molar-refractivity contribution is 0.300. The van der Waals surface area contributed by atoms with E-state index in [0.29, 0.717) is 5.69 Å². The van der Waals surface area contributed by atoms with Gasteiger partial charge in [0.1, 0.15) is 11.5 Å². The highest BCUT2D eigenvalue weighted by molar-refractivity contribution is 5.52. The number of rotatable bonds is 12. The minimum atomic E-state index is 0.711. The Morgan fingerprint density at radius 3 is 1.96 bits per heavy atom. The van der Waals surface area contributed by atoms with Crippen LogP contribution >= 0.6 is 0 Å². The van der Waals surface area contributed by atoms with E-state index >= 15 is 0 Å². The minimum Gasteiger partial charge on any atom is -0.494 e. The second-order valence-corrected chi connectivity index (χ2v) is 6.73. The summed E-state index contributed by atoms with van der Waals surface area (Å²) < 4.78 is 11.5. The molecule has 4 N–H and O–H groups in total. The molecule has 0 bridgehead atoms. The normalized spacial score (nSPS) is 10.7. The third kappa shape index (κ3) is 7.26. The Balaban J connectivity index is 1.41. The van der Waals surface area contributed by atoms with E-state index in [9.17, 15) is 0 Å². The number of anilines is 2. The Morgan fingerprint density at radius 2 is 1.31 bits per heavy atom. The van der Waals surface area contributed by atoms with Gasteiger partial charge in [-0.1, -0.05) is 50.3 Å². The maximum Gasteiger partial charge on any atom is 0.142 e. The van der Waals surface area contributed by atoms with Crippen molar-refractivity contribution in [3.63, 3.8) is 0 Å². The Labute approximate surface area is 157 Å². The second-order valence-electron chi connectivity index (χ2n) is 6.73. The first kappa shape index (κ1) is 20.0. The Morgan fingerprint density at radius 1 is 0.692 bits per heavy atom. The summed E-state index contributed by atoms with van der Waals surface area (Å²) in [4.78, 5) is 0. The van der Waals surface area contributed by atoms with Crippen molar-refractivity contribution in [2.75, 3.05) is 24.7 Å². The van der Waals surface area contributed by atoms with Crippen LogP contribution < -0.4 is 20.9 Å². The number of para-hydroxylation sites is 2. The fourth-order valence-electron chi connectivity index (χ4n) is 2.78. The predicted octanol–water partition coefficient (Wildman–Crippen LogP) is 5.35. The third-order valence-electron chi connectivity index (χ3n) is 4.48. The largest absolute Gasteiger partial charge is 0.494 e. The van der Waals surface area contributed by atoms with E-state index in [1.807, 2.05) is 49.4 Å². The second kappa shape index (κ2) is 11.3. The monoisotopic (exact) mass is 356 g/mol. The summed E-state index contributed by atoms with van der Waals surface area (Å²) >= 11 is 0. The van der Waals surface area contributed by atoms with Crippen LogP contribution in [0.5, 0.6) is 11.5 Å². The van der Waals surface area contributed by atoms with Gasteiger partial charge in [0.05, 0.1) is 18.9 Å². The molecule has 0 aliphatic carbocycles. The van der Waals surface area contributed by atoms with Gasteiger partial charge in [-0.15, -0.1) is 0 Å². The summed E-state index contributed by atoms with van der Waals surface area (Å²) in [5.41, 5.74) is 14.3. The summed E-state index contributed by atoms with van der Waals surface area (Å²) in [5, 5.41) is 0. The average Bonchev–Trinajstić information content (AvgIpc) is 2.64. The number of hydrogen-bond donors (Lipinski definition) is 2. The van der Waals surface area contributed by atoms with Crippen molar-refractivity contribution in [3.05, 3.63) is 48.0 Å². The van der Waals surface area contributed by atoms with Crippen molar-refractivity contribution in [1.82, 2.24) is 0 Å². The molecule has 0 spiro atoms. The van der Waals surface area contributed by atoms with Crippen LogP contribution in [0.2, 0.25) is 0 Å². The Bertz CT molecular complexity index is 658. The van der Waals surface area contributed by atoms with Crippen molar-refractivity contribution >= 4 is 11.4 Å². The van der Waals surface area contributed by atoms with Crippen molar-refractivity contribution in [2.24, 2.45) is 0 Å². The zero-order valence-electron chi connectivity index (χ0n) is 15.9. The number of ether oxygens (including phenoxy) is 2. The zero-order chi connectivity index (χ0) is 18.6. The van der Waals surface area contributed by atoms with Gasteiger partial charge in [-0.2, -0.15) is 0 Å². The van der Waals surface area contributed by atoms with E-state index in [4.69, 9.17) is 20.9 Å². The van der Waals surface area contributed by atoms with Gasteiger partial charge in [-0.3, -0.25) is 0 Å². The smallest absolute Gasteiger partial charge is 0.142 e. The number of aryl methyl sites for hydroxylation is 1. The lowest BCUT2D eigenvalue weighted by Gasteiger charge is -2.09. The van der Waals surface area contributed by atoms with Gasteiger partial charge in [0.25, 0.3) is 0 Å². The highest BCUT2D eigenvalue weighted by Crippen LogP contribution is 2.21. The van der Waals surface area contributed by atoms with Crippen LogP contribution in [0.25, 0.3) is 0 Å². The van der Waals surface area contributed by atoms with E-state index < -0.39 is 0 Å². The van der Waals surface area contributed by atoms with Gasteiger partial charge in [-0.25, -0.2) is 0 Å². The van der Waals surface area contributed by atoms with Gasteiger partial charge < -0.3 is 20.9 Å². The summed E-state index contributed by atoms with van der Waals surface area (Å²) in [6.45, 7) is 3.50. The fraction of sp³-hybridized carbons (Fsp3) is 0.455. The highest BCUT2D eigenvalue weighted by atomic mass is 16.5. The van der Waals surface area contributed by atoms with Crippen LogP contribution in [0.3, 0.4) is 0 Å². The van der Waals surface area contributed by atoms with E-state index in [1.165, 1.54) is 32.1 Å². The number of nitrogen functional groups attached to an aromatic ring is 2. The SMILES string of the molecule is Cc1ccc(OCCCCCCCCCOc2ccccc2N)cc1N. The first-order valence-corrected chi connectivity index (χ1v) is 9.63. The molecule has 26 heavy (non-hydrogen) atoms. The van der Waals surface area contributed by atoms with E-state index in [1.54, 1.807) is 0 Å². The molecule has 0 unspecified atom stereocenters. The number of unbranched alkanes of at least 4 members (excludes halogenated alkanes) is 6. The molecule has 0 aliphatic heterocycles. The van der Waals surface area contributed by atoms with Crippen LogP contribution in [-0.2, 0) is 0 Å². The standard InChI is InChI=1S/C22H32N2O2/c1-18-13-14-19(17-21(18)24)25-15-9-5-3-2-4-6-10-16-26-22-12-8-7-11-20(22)23/h7-8,11-14,17H,2-6,9-10,15-16,23-24H2,1H3. The van der Waals surface area contributed by atoms with Gasteiger partial charge >= 0.3 is 0 Å². The Hall–Kier alpha value is -2.36. The molecular weight excluding hydrogens is 324 g/mol. The van der Waals surface area contributed by atoms with Crippen LogP contribution in [-0.4, -0.2) is 13.2 Å². The van der Waals surface area contributed by atoms with Crippen molar-refractivity contribution < 1.29 is 9.47 Å². The first-order valence-electron chi connectivity index (χ1n) is 9.63. The van der Waals surface area contributed by atoms with Gasteiger partial charge in [-0.05, 0) is 43.5 Å². The zero-order valence-corrected chi connectivity index (χ0v) is 15.9. The van der Waals surface area contributed by atoms with E-state index in [0.717, 1.165) is 48.8 Å². The van der Waals surface area contributed by atoms with Crippen molar-refractivity contribution in [2.45, 2.75) is 51.9 Å². The number of nitrogens with two attached hydrogens (primary N) is 2. The lowest BCUT2D eigenvalue weighted by atomic mass is 10.1. The molecule has 0 saturated carbocycles. The predicted molar refractivity (Wildman–Crippen MR) is 110 cm³/mol. The first-order chi connectivity index (χ1) is 12.7. The summed E-state index contributed by atoms with van der Waals surface area (Å²) in [7, 11) is 0. The summed E-state index contributed by atoms with van der Waals surface area (Å²) in [6.07, 6.45) is 8.35. The van der Waals surface area contributed by atoms with Gasteiger partial charge in [0.2, 0.25) is 0 Å². The lowest BCUT2D eigenvalue weighted by Crippen LogP contribution is -2.00. The third-order valence-corrected chi connectivity index (χ3v) is 4.48. The molecule has 0 atom stereocenters. The molecule has 0 radical (unpaired) electrons. The highest BCUT2D eigenvalue weighted by Gasteiger charge is 1.99. The molecule has 2 aromatic carbocycles. The minimum absolute atomic E-state index is 0.711. The summed E-state index contributed by atoms with van der Waals surface area (Å²) in [5.74, 6) is 1.66. The van der Waals surface area contributed by atoms with Crippen LogP contribution in [0.4, 0.5) is 11.4 Å². The molecule has 4 nitrogen and oxygen atoms in total.